The number of aromatic nitrogens is 4. The van der Waals surface area contributed by atoms with Crippen LogP contribution >= 0.6 is 0 Å². The number of hydrogen-bond acceptors (Lipinski definition) is 6. The SMILES string of the molecule is CC(Nc1ncnc(N)c1C#N)c1cc2ccccn2c1-c1cccnc1. The lowest BCUT2D eigenvalue weighted by atomic mass is 10.0. The Hall–Kier alpha value is -3.92. The van der Waals surface area contributed by atoms with E-state index in [0.717, 1.165) is 22.3 Å². The highest BCUT2D eigenvalue weighted by atomic mass is 15.1. The molecule has 0 bridgehead atoms. The summed E-state index contributed by atoms with van der Waals surface area (Å²) in [6.45, 7) is 2.02. The van der Waals surface area contributed by atoms with E-state index in [4.69, 9.17) is 5.73 Å². The van der Waals surface area contributed by atoms with E-state index in [-0.39, 0.29) is 17.4 Å². The number of nitrogens with zero attached hydrogens (tertiary/aromatic N) is 5. The molecule has 0 aliphatic rings. The molecule has 1 atom stereocenters. The summed E-state index contributed by atoms with van der Waals surface area (Å²) in [5.41, 5.74) is 10.2. The maximum absolute atomic E-state index is 9.37. The topological polar surface area (TPSA) is 105 Å². The third kappa shape index (κ3) is 2.93. The molecule has 0 aliphatic heterocycles. The monoisotopic (exact) mass is 355 g/mol. The molecule has 0 radical (unpaired) electrons. The molecule has 27 heavy (non-hydrogen) atoms. The molecule has 7 heteroatoms. The van der Waals surface area contributed by atoms with Gasteiger partial charge in [0.05, 0.1) is 11.7 Å². The number of nitrogens with two attached hydrogens (primary N) is 1. The number of anilines is 2. The average molecular weight is 355 g/mol. The number of nitrogen functional groups attached to an aromatic ring is 1. The minimum atomic E-state index is -0.124. The highest BCUT2D eigenvalue weighted by Gasteiger charge is 2.19. The molecule has 7 nitrogen and oxygen atoms in total. The number of nitrogens with one attached hydrogen (secondary N) is 1. The van der Waals surface area contributed by atoms with E-state index in [9.17, 15) is 5.26 Å². The highest BCUT2D eigenvalue weighted by molar-refractivity contribution is 5.73. The Morgan fingerprint density at radius 2 is 2.11 bits per heavy atom. The van der Waals surface area contributed by atoms with E-state index >= 15 is 0 Å². The van der Waals surface area contributed by atoms with Gasteiger partial charge in [-0.15, -0.1) is 0 Å². The van der Waals surface area contributed by atoms with Crippen molar-refractivity contribution in [1.82, 2.24) is 19.4 Å². The molecular formula is C20H17N7. The van der Waals surface area contributed by atoms with Crippen molar-refractivity contribution in [3.05, 3.63) is 72.4 Å². The smallest absolute Gasteiger partial charge is 0.150 e. The fraction of sp³-hybridized carbons (Fsp3) is 0.100. The van der Waals surface area contributed by atoms with E-state index in [1.807, 2.05) is 43.6 Å². The summed E-state index contributed by atoms with van der Waals surface area (Å²) in [6, 6.07) is 14.1. The number of pyridine rings is 2. The van der Waals surface area contributed by atoms with Gasteiger partial charge in [-0.25, -0.2) is 9.97 Å². The fourth-order valence-electron chi connectivity index (χ4n) is 3.18. The van der Waals surface area contributed by atoms with Crippen molar-refractivity contribution in [2.75, 3.05) is 11.1 Å². The lowest BCUT2D eigenvalue weighted by molar-refractivity contribution is 0.872. The van der Waals surface area contributed by atoms with E-state index in [2.05, 4.69) is 42.9 Å². The zero-order valence-corrected chi connectivity index (χ0v) is 14.7. The van der Waals surface area contributed by atoms with Gasteiger partial charge in [0.15, 0.2) is 0 Å². The van der Waals surface area contributed by atoms with Crippen LogP contribution in [0.25, 0.3) is 16.8 Å². The fourth-order valence-corrected chi connectivity index (χ4v) is 3.18. The first-order chi connectivity index (χ1) is 13.2. The summed E-state index contributed by atoms with van der Waals surface area (Å²) >= 11 is 0. The maximum atomic E-state index is 9.37. The normalized spacial score (nSPS) is 11.9. The number of rotatable bonds is 4. The Kier molecular flexibility index (Phi) is 4.15. The van der Waals surface area contributed by atoms with E-state index in [1.165, 1.54) is 6.33 Å². The molecule has 0 saturated carbocycles. The Labute approximate surface area is 156 Å². The second-order valence-electron chi connectivity index (χ2n) is 6.15. The van der Waals surface area contributed by atoms with E-state index < -0.39 is 0 Å². The molecule has 0 aliphatic carbocycles. The van der Waals surface area contributed by atoms with Crippen LogP contribution < -0.4 is 11.1 Å². The summed E-state index contributed by atoms with van der Waals surface area (Å²) < 4.78 is 2.13. The predicted molar refractivity (Wildman–Crippen MR) is 104 cm³/mol. The van der Waals surface area contributed by atoms with Gasteiger partial charge in [0.2, 0.25) is 0 Å². The standard InChI is InChI=1S/C20H17N7/c1-13(26-20-17(10-21)19(22)24-12-25-20)16-9-15-6-2-3-8-27(15)18(16)14-5-4-7-23-11-14/h2-9,11-13H,1H3,(H3,22,24,25,26). The summed E-state index contributed by atoms with van der Waals surface area (Å²) in [4.78, 5) is 12.3. The largest absolute Gasteiger partial charge is 0.382 e. The predicted octanol–water partition coefficient (Wildman–Crippen LogP) is 3.42. The van der Waals surface area contributed by atoms with Gasteiger partial charge in [-0.2, -0.15) is 5.26 Å². The molecule has 0 aromatic carbocycles. The third-order valence-electron chi connectivity index (χ3n) is 4.45. The summed E-state index contributed by atoms with van der Waals surface area (Å²) in [5, 5.41) is 12.7. The van der Waals surface area contributed by atoms with Gasteiger partial charge in [-0.3, -0.25) is 4.98 Å². The molecule has 4 aromatic rings. The Morgan fingerprint density at radius 1 is 1.22 bits per heavy atom. The van der Waals surface area contributed by atoms with Gasteiger partial charge in [0.1, 0.15) is 29.6 Å². The van der Waals surface area contributed by atoms with Crippen molar-refractivity contribution in [3.63, 3.8) is 0 Å². The average Bonchev–Trinajstić information content (AvgIpc) is 3.08. The Bertz CT molecular complexity index is 1140. The molecule has 1 unspecified atom stereocenters. The van der Waals surface area contributed by atoms with Crippen LogP contribution in [-0.2, 0) is 0 Å². The van der Waals surface area contributed by atoms with Crippen LogP contribution in [-0.4, -0.2) is 19.4 Å². The first-order valence-corrected chi connectivity index (χ1v) is 8.46. The molecule has 4 rings (SSSR count). The molecule has 0 amide bonds. The second-order valence-corrected chi connectivity index (χ2v) is 6.15. The Morgan fingerprint density at radius 3 is 2.89 bits per heavy atom. The summed E-state index contributed by atoms with van der Waals surface area (Å²) in [7, 11) is 0. The van der Waals surface area contributed by atoms with E-state index in [0.29, 0.717) is 5.82 Å². The first kappa shape index (κ1) is 16.5. The number of fused-ring (bicyclic) bond motifs is 1. The second kappa shape index (κ2) is 6.77. The first-order valence-electron chi connectivity index (χ1n) is 8.46. The molecule has 0 fully saturated rings. The highest BCUT2D eigenvalue weighted by Crippen LogP contribution is 2.33. The zero-order chi connectivity index (χ0) is 18.8. The quantitative estimate of drug-likeness (QED) is 0.581. The molecule has 4 heterocycles. The van der Waals surface area contributed by atoms with Gasteiger partial charge in [0, 0.05) is 35.2 Å². The molecule has 132 valence electrons. The number of nitriles is 1. The van der Waals surface area contributed by atoms with Crippen LogP contribution in [0.1, 0.15) is 24.1 Å². The molecule has 0 saturated heterocycles. The summed E-state index contributed by atoms with van der Waals surface area (Å²) in [5.74, 6) is 0.585. The lowest BCUT2D eigenvalue weighted by Crippen LogP contribution is -2.11. The van der Waals surface area contributed by atoms with E-state index in [1.54, 1.807) is 6.20 Å². The van der Waals surface area contributed by atoms with Crippen LogP contribution in [0.4, 0.5) is 11.6 Å². The molecule has 4 aromatic heterocycles. The van der Waals surface area contributed by atoms with Crippen LogP contribution in [0.15, 0.2) is 61.3 Å². The van der Waals surface area contributed by atoms with Crippen molar-refractivity contribution < 1.29 is 0 Å². The molecule has 0 spiro atoms. The van der Waals surface area contributed by atoms with Gasteiger partial charge >= 0.3 is 0 Å². The van der Waals surface area contributed by atoms with Gasteiger partial charge in [0.25, 0.3) is 0 Å². The lowest BCUT2D eigenvalue weighted by Gasteiger charge is -2.17. The van der Waals surface area contributed by atoms with Gasteiger partial charge < -0.3 is 15.5 Å². The van der Waals surface area contributed by atoms with Crippen LogP contribution in [0.5, 0.6) is 0 Å². The van der Waals surface area contributed by atoms with Crippen molar-refractivity contribution in [2.24, 2.45) is 0 Å². The third-order valence-corrected chi connectivity index (χ3v) is 4.45. The van der Waals surface area contributed by atoms with Gasteiger partial charge in [-0.1, -0.05) is 6.07 Å². The van der Waals surface area contributed by atoms with Crippen molar-refractivity contribution in [2.45, 2.75) is 13.0 Å². The molecule has 3 N–H and O–H groups in total. The Balaban J connectivity index is 1.82. The van der Waals surface area contributed by atoms with Crippen molar-refractivity contribution in [3.8, 4) is 17.3 Å². The molecular weight excluding hydrogens is 338 g/mol. The van der Waals surface area contributed by atoms with Crippen LogP contribution in [0, 0.1) is 11.3 Å². The van der Waals surface area contributed by atoms with Crippen LogP contribution in [0.3, 0.4) is 0 Å². The maximum Gasteiger partial charge on any atom is 0.150 e. The minimum absolute atomic E-state index is 0.124. The minimum Gasteiger partial charge on any atom is -0.382 e. The van der Waals surface area contributed by atoms with Crippen molar-refractivity contribution in [1.29, 1.82) is 5.26 Å². The zero-order valence-electron chi connectivity index (χ0n) is 14.7. The van der Waals surface area contributed by atoms with Crippen molar-refractivity contribution >= 4 is 17.2 Å². The van der Waals surface area contributed by atoms with Crippen LogP contribution in [0.2, 0.25) is 0 Å². The number of hydrogen-bond donors (Lipinski definition) is 2. The van der Waals surface area contributed by atoms with Gasteiger partial charge in [-0.05, 0) is 37.3 Å². The summed E-state index contributed by atoms with van der Waals surface area (Å²) in [6.07, 6.45) is 6.97.